The van der Waals surface area contributed by atoms with Gasteiger partial charge in [-0.25, -0.2) is 4.98 Å². The molecule has 6 heteroatoms. The summed E-state index contributed by atoms with van der Waals surface area (Å²) in [6.45, 7) is 8.34. The van der Waals surface area contributed by atoms with Crippen LogP contribution in [0.3, 0.4) is 0 Å². The minimum atomic E-state index is -0.370. The Morgan fingerprint density at radius 2 is 1.78 bits per heavy atom. The van der Waals surface area contributed by atoms with Crippen molar-refractivity contribution in [1.29, 1.82) is 0 Å². The van der Waals surface area contributed by atoms with E-state index in [9.17, 15) is 0 Å². The Morgan fingerprint density at radius 1 is 1.07 bits per heavy atom. The molecule has 27 heavy (non-hydrogen) atoms. The van der Waals surface area contributed by atoms with Gasteiger partial charge in [-0.2, -0.15) is 4.98 Å². The average Bonchev–Trinajstić information content (AvgIpc) is 3.15. The molecule has 0 atom stereocenters. The van der Waals surface area contributed by atoms with E-state index in [1.807, 2.05) is 18.3 Å². The fourth-order valence-electron chi connectivity index (χ4n) is 3.79. The van der Waals surface area contributed by atoms with Crippen LogP contribution < -0.4 is 9.80 Å². The molecule has 0 radical (unpaired) electrons. The van der Waals surface area contributed by atoms with E-state index in [1.54, 1.807) is 0 Å². The van der Waals surface area contributed by atoms with Crippen LogP contribution in [0.2, 0.25) is 0 Å². The maximum Gasteiger partial charge on any atom is 0.227 e. The summed E-state index contributed by atoms with van der Waals surface area (Å²) in [7, 11) is 0. The molecule has 0 amide bonds. The van der Waals surface area contributed by atoms with Gasteiger partial charge in [0.1, 0.15) is 5.82 Å². The fourth-order valence-corrected chi connectivity index (χ4v) is 3.79. The van der Waals surface area contributed by atoms with Crippen LogP contribution >= 0.6 is 0 Å². The highest BCUT2D eigenvalue weighted by atomic mass is 16.7. The first-order valence-electron chi connectivity index (χ1n) is 9.82. The van der Waals surface area contributed by atoms with Crippen LogP contribution in [0.1, 0.15) is 32.3 Å². The van der Waals surface area contributed by atoms with Crippen LogP contribution in [0.4, 0.5) is 11.8 Å². The summed E-state index contributed by atoms with van der Waals surface area (Å²) >= 11 is 0. The molecule has 144 valence electrons. The molecule has 2 fully saturated rings. The Bertz CT molecular complexity index is 737. The molecule has 1 aromatic heterocycles. The van der Waals surface area contributed by atoms with Crippen molar-refractivity contribution in [3.05, 3.63) is 48.2 Å². The standard InChI is InChI=1S/C21H28N4O2/c1-17(2)25(16-18-6-4-3-5-7-18)19-8-11-22-20(23-19)24-12-9-21(10-13-24)26-14-15-27-21/h3-8,11,17H,9-10,12-16H2,1-2H3. The third-order valence-corrected chi connectivity index (χ3v) is 5.36. The van der Waals surface area contributed by atoms with Gasteiger partial charge in [0.2, 0.25) is 5.95 Å². The molecule has 0 unspecified atom stereocenters. The van der Waals surface area contributed by atoms with Gasteiger partial charge in [0.25, 0.3) is 0 Å². The number of aromatic nitrogens is 2. The number of ether oxygens (including phenoxy) is 2. The van der Waals surface area contributed by atoms with E-state index in [2.05, 4.69) is 52.9 Å². The van der Waals surface area contributed by atoms with Crippen molar-refractivity contribution in [3.8, 4) is 0 Å². The number of benzene rings is 1. The molecule has 2 aliphatic rings. The molecule has 4 rings (SSSR count). The van der Waals surface area contributed by atoms with E-state index in [4.69, 9.17) is 14.5 Å². The predicted octanol–water partition coefficient (Wildman–Crippen LogP) is 3.23. The lowest BCUT2D eigenvalue weighted by Gasteiger charge is -2.37. The summed E-state index contributed by atoms with van der Waals surface area (Å²) in [6, 6.07) is 12.9. The molecule has 2 aliphatic heterocycles. The van der Waals surface area contributed by atoms with Crippen LogP contribution in [0.15, 0.2) is 42.6 Å². The second-order valence-corrected chi connectivity index (χ2v) is 7.52. The quantitative estimate of drug-likeness (QED) is 0.808. The lowest BCUT2D eigenvalue weighted by molar-refractivity contribution is -0.169. The fraction of sp³-hybridized carbons (Fsp3) is 0.524. The smallest absolute Gasteiger partial charge is 0.227 e. The van der Waals surface area contributed by atoms with E-state index in [0.717, 1.165) is 44.2 Å². The lowest BCUT2D eigenvalue weighted by Crippen LogP contribution is -2.45. The second-order valence-electron chi connectivity index (χ2n) is 7.52. The van der Waals surface area contributed by atoms with E-state index >= 15 is 0 Å². The van der Waals surface area contributed by atoms with Crippen LogP contribution in [0.25, 0.3) is 0 Å². The van der Waals surface area contributed by atoms with Gasteiger partial charge >= 0.3 is 0 Å². The number of nitrogens with zero attached hydrogens (tertiary/aromatic N) is 4. The zero-order chi connectivity index (χ0) is 18.7. The van der Waals surface area contributed by atoms with Gasteiger partial charge in [0.15, 0.2) is 5.79 Å². The maximum absolute atomic E-state index is 5.83. The molecule has 1 aromatic carbocycles. The first kappa shape index (κ1) is 18.2. The molecule has 0 bridgehead atoms. The Labute approximate surface area is 161 Å². The zero-order valence-electron chi connectivity index (χ0n) is 16.2. The number of hydrogen-bond acceptors (Lipinski definition) is 6. The van der Waals surface area contributed by atoms with Crippen molar-refractivity contribution in [2.45, 2.75) is 45.1 Å². The molecule has 2 aromatic rings. The summed E-state index contributed by atoms with van der Waals surface area (Å²) in [5, 5.41) is 0. The van der Waals surface area contributed by atoms with Crippen molar-refractivity contribution >= 4 is 11.8 Å². The zero-order valence-corrected chi connectivity index (χ0v) is 16.2. The highest BCUT2D eigenvalue weighted by Gasteiger charge is 2.40. The van der Waals surface area contributed by atoms with E-state index in [-0.39, 0.29) is 5.79 Å². The van der Waals surface area contributed by atoms with Crippen LogP contribution in [0.5, 0.6) is 0 Å². The second kappa shape index (κ2) is 7.82. The van der Waals surface area contributed by atoms with E-state index < -0.39 is 0 Å². The van der Waals surface area contributed by atoms with E-state index in [1.165, 1.54) is 5.56 Å². The SMILES string of the molecule is CC(C)N(Cc1ccccc1)c1ccnc(N2CCC3(CC2)OCCO3)n1. The number of rotatable bonds is 5. The monoisotopic (exact) mass is 368 g/mol. The molecule has 0 N–H and O–H groups in total. The van der Waals surface area contributed by atoms with Crippen molar-refractivity contribution < 1.29 is 9.47 Å². The first-order valence-corrected chi connectivity index (χ1v) is 9.82. The van der Waals surface area contributed by atoms with Gasteiger partial charge < -0.3 is 19.3 Å². The largest absolute Gasteiger partial charge is 0.350 e. The van der Waals surface area contributed by atoms with Gasteiger partial charge in [-0.3, -0.25) is 0 Å². The van der Waals surface area contributed by atoms with Gasteiger partial charge in [-0.1, -0.05) is 30.3 Å². The third-order valence-electron chi connectivity index (χ3n) is 5.36. The Morgan fingerprint density at radius 3 is 2.44 bits per heavy atom. The lowest BCUT2D eigenvalue weighted by atomic mass is 10.0. The summed E-state index contributed by atoms with van der Waals surface area (Å²) in [4.78, 5) is 14.0. The van der Waals surface area contributed by atoms with Crippen LogP contribution in [-0.4, -0.2) is 48.1 Å². The molecular weight excluding hydrogens is 340 g/mol. The Balaban J connectivity index is 1.49. The highest BCUT2D eigenvalue weighted by molar-refractivity contribution is 5.45. The van der Waals surface area contributed by atoms with Crippen molar-refractivity contribution in [3.63, 3.8) is 0 Å². The van der Waals surface area contributed by atoms with Gasteiger partial charge in [-0.15, -0.1) is 0 Å². The Hall–Kier alpha value is -2.18. The van der Waals surface area contributed by atoms with Crippen molar-refractivity contribution in [2.75, 3.05) is 36.1 Å². The Kier molecular flexibility index (Phi) is 5.27. The summed E-state index contributed by atoms with van der Waals surface area (Å²) < 4.78 is 11.7. The topological polar surface area (TPSA) is 50.7 Å². The molecule has 0 saturated carbocycles. The van der Waals surface area contributed by atoms with Gasteiger partial charge in [0.05, 0.1) is 13.2 Å². The summed E-state index contributed by atoms with van der Waals surface area (Å²) in [5.74, 6) is 1.39. The third kappa shape index (κ3) is 4.06. The minimum absolute atomic E-state index is 0.345. The number of hydrogen-bond donors (Lipinski definition) is 0. The van der Waals surface area contributed by atoms with Crippen LogP contribution in [-0.2, 0) is 16.0 Å². The van der Waals surface area contributed by atoms with Gasteiger partial charge in [-0.05, 0) is 25.5 Å². The van der Waals surface area contributed by atoms with Gasteiger partial charge in [0, 0.05) is 44.7 Å². The minimum Gasteiger partial charge on any atom is -0.350 e. The number of anilines is 2. The maximum atomic E-state index is 5.83. The summed E-state index contributed by atoms with van der Waals surface area (Å²) in [5.41, 5.74) is 1.28. The van der Waals surface area contributed by atoms with E-state index in [0.29, 0.717) is 19.3 Å². The molecule has 0 aliphatic carbocycles. The molecule has 6 nitrogen and oxygen atoms in total. The predicted molar refractivity (Wildman–Crippen MR) is 106 cm³/mol. The molecule has 3 heterocycles. The molecular formula is C21H28N4O2. The van der Waals surface area contributed by atoms with Crippen molar-refractivity contribution in [1.82, 2.24) is 9.97 Å². The number of piperidine rings is 1. The average molecular weight is 368 g/mol. The molecule has 1 spiro atoms. The molecule has 2 saturated heterocycles. The van der Waals surface area contributed by atoms with Crippen molar-refractivity contribution in [2.24, 2.45) is 0 Å². The normalized spacial score (nSPS) is 19.0. The summed E-state index contributed by atoms with van der Waals surface area (Å²) in [6.07, 6.45) is 3.59. The highest BCUT2D eigenvalue weighted by Crippen LogP contribution is 2.32. The van der Waals surface area contributed by atoms with Crippen LogP contribution in [0, 0.1) is 0 Å². The first-order chi connectivity index (χ1) is 13.2.